The van der Waals surface area contributed by atoms with Gasteiger partial charge in [0.15, 0.2) is 5.96 Å². The van der Waals surface area contributed by atoms with E-state index in [0.29, 0.717) is 13.2 Å². The maximum atomic E-state index is 5.56. The van der Waals surface area contributed by atoms with Gasteiger partial charge in [-0.2, -0.15) is 0 Å². The second-order valence-electron chi connectivity index (χ2n) is 6.34. The Morgan fingerprint density at radius 3 is 2.65 bits per heavy atom. The summed E-state index contributed by atoms with van der Waals surface area (Å²) in [6.07, 6.45) is 1.10. The Kier molecular flexibility index (Phi) is 10.1. The maximum absolute atomic E-state index is 5.56. The minimum Gasteiger partial charge on any atom is -0.379 e. The zero-order chi connectivity index (χ0) is 18.5. The normalized spacial score (nSPS) is 15.8. The van der Waals surface area contributed by atoms with Gasteiger partial charge in [0.05, 0.1) is 26.4 Å². The van der Waals surface area contributed by atoms with Gasteiger partial charge in [0.2, 0.25) is 0 Å². The molecule has 0 bridgehead atoms. The highest BCUT2D eigenvalue weighted by Gasteiger charge is 2.09. The Labute approximate surface area is 158 Å². The molecular weight excluding hydrogens is 328 g/mol. The van der Waals surface area contributed by atoms with Crippen LogP contribution < -0.4 is 10.6 Å². The first-order chi connectivity index (χ1) is 12.8. The molecule has 0 unspecified atom stereocenters. The number of hydrogen-bond donors (Lipinski definition) is 2. The molecule has 0 spiro atoms. The highest BCUT2D eigenvalue weighted by molar-refractivity contribution is 5.79. The van der Waals surface area contributed by atoms with Crippen LogP contribution in [0.5, 0.6) is 0 Å². The van der Waals surface area contributed by atoms with Crippen molar-refractivity contribution in [3.05, 3.63) is 35.4 Å². The highest BCUT2D eigenvalue weighted by Crippen LogP contribution is 2.11. The lowest BCUT2D eigenvalue weighted by molar-refractivity contribution is 0.0376. The molecule has 0 radical (unpaired) electrons. The fourth-order valence-electron chi connectivity index (χ4n) is 2.90. The SMILES string of the molecule is CCNC(=NCc1ccccc1COCC)NCCCN1CCOCC1. The number of benzene rings is 1. The van der Waals surface area contributed by atoms with Gasteiger partial charge in [-0.15, -0.1) is 0 Å². The lowest BCUT2D eigenvalue weighted by Gasteiger charge is -2.26. The molecule has 1 fully saturated rings. The summed E-state index contributed by atoms with van der Waals surface area (Å²) in [5, 5.41) is 6.77. The van der Waals surface area contributed by atoms with Crippen molar-refractivity contribution in [3.8, 4) is 0 Å². The molecule has 1 aromatic carbocycles. The molecule has 2 rings (SSSR count). The van der Waals surface area contributed by atoms with E-state index in [1.807, 2.05) is 6.92 Å². The first kappa shape index (κ1) is 20.7. The number of guanidine groups is 1. The quantitative estimate of drug-likeness (QED) is 0.379. The van der Waals surface area contributed by atoms with Crippen molar-refractivity contribution in [3.63, 3.8) is 0 Å². The van der Waals surface area contributed by atoms with Crippen molar-refractivity contribution in [1.29, 1.82) is 0 Å². The largest absolute Gasteiger partial charge is 0.379 e. The van der Waals surface area contributed by atoms with E-state index in [-0.39, 0.29) is 0 Å². The summed E-state index contributed by atoms with van der Waals surface area (Å²) in [7, 11) is 0. The second-order valence-corrected chi connectivity index (χ2v) is 6.34. The molecule has 26 heavy (non-hydrogen) atoms. The number of aliphatic imine (C=N–C) groups is 1. The summed E-state index contributed by atoms with van der Waals surface area (Å²) in [4.78, 5) is 7.20. The monoisotopic (exact) mass is 362 g/mol. The van der Waals surface area contributed by atoms with Gasteiger partial charge in [-0.05, 0) is 37.9 Å². The van der Waals surface area contributed by atoms with Crippen LogP contribution in [0.1, 0.15) is 31.4 Å². The molecule has 0 saturated carbocycles. The Balaban J connectivity index is 1.80. The fourth-order valence-corrected chi connectivity index (χ4v) is 2.90. The van der Waals surface area contributed by atoms with E-state index >= 15 is 0 Å². The van der Waals surface area contributed by atoms with Crippen LogP contribution >= 0.6 is 0 Å². The lowest BCUT2D eigenvalue weighted by Crippen LogP contribution is -2.40. The molecule has 1 aliphatic rings. The third-order valence-corrected chi connectivity index (χ3v) is 4.38. The van der Waals surface area contributed by atoms with E-state index in [0.717, 1.165) is 64.9 Å². The Bertz CT molecular complexity index is 530. The number of nitrogens with one attached hydrogen (secondary N) is 2. The molecule has 146 valence electrons. The van der Waals surface area contributed by atoms with Gasteiger partial charge < -0.3 is 20.1 Å². The molecular formula is C20H34N4O2. The van der Waals surface area contributed by atoms with Gasteiger partial charge in [0, 0.05) is 32.8 Å². The molecule has 1 aliphatic heterocycles. The average molecular weight is 363 g/mol. The van der Waals surface area contributed by atoms with E-state index in [1.165, 1.54) is 11.1 Å². The van der Waals surface area contributed by atoms with E-state index in [2.05, 4.69) is 46.7 Å². The minimum atomic E-state index is 0.645. The molecule has 0 atom stereocenters. The number of hydrogen-bond acceptors (Lipinski definition) is 4. The molecule has 6 heteroatoms. The van der Waals surface area contributed by atoms with Crippen LogP contribution in [-0.4, -0.2) is 63.4 Å². The van der Waals surface area contributed by atoms with Crippen molar-refractivity contribution >= 4 is 5.96 Å². The number of ether oxygens (including phenoxy) is 2. The average Bonchev–Trinajstić information content (AvgIpc) is 2.69. The molecule has 0 aromatic heterocycles. The fraction of sp³-hybridized carbons (Fsp3) is 0.650. The molecule has 0 amide bonds. The summed E-state index contributed by atoms with van der Waals surface area (Å²) in [5.74, 6) is 0.876. The van der Waals surface area contributed by atoms with Gasteiger partial charge in [-0.1, -0.05) is 24.3 Å². The van der Waals surface area contributed by atoms with Crippen LogP contribution in [0.15, 0.2) is 29.3 Å². The summed E-state index contributed by atoms with van der Waals surface area (Å²) in [6.45, 7) is 12.8. The van der Waals surface area contributed by atoms with Crippen LogP contribution in [0.25, 0.3) is 0 Å². The first-order valence-electron chi connectivity index (χ1n) is 9.80. The van der Waals surface area contributed by atoms with E-state index in [9.17, 15) is 0 Å². The highest BCUT2D eigenvalue weighted by atomic mass is 16.5. The number of rotatable bonds is 10. The standard InChI is InChI=1S/C20H34N4O2/c1-3-21-20(22-10-7-11-24-12-14-26-15-13-24)23-16-18-8-5-6-9-19(18)17-25-4-2/h5-6,8-9H,3-4,7,10-17H2,1-2H3,(H2,21,22,23). The van der Waals surface area contributed by atoms with Gasteiger partial charge >= 0.3 is 0 Å². The summed E-state index contributed by atoms with van der Waals surface area (Å²) in [5.41, 5.74) is 2.42. The van der Waals surface area contributed by atoms with Gasteiger partial charge in [0.25, 0.3) is 0 Å². The Morgan fingerprint density at radius 2 is 1.92 bits per heavy atom. The Hall–Kier alpha value is -1.63. The molecule has 6 nitrogen and oxygen atoms in total. The van der Waals surface area contributed by atoms with E-state index < -0.39 is 0 Å². The van der Waals surface area contributed by atoms with Crippen LogP contribution in [0.4, 0.5) is 0 Å². The Morgan fingerprint density at radius 1 is 1.15 bits per heavy atom. The third kappa shape index (κ3) is 7.72. The van der Waals surface area contributed by atoms with Crippen molar-refractivity contribution in [2.75, 3.05) is 52.5 Å². The molecule has 1 heterocycles. The predicted molar refractivity (Wildman–Crippen MR) is 106 cm³/mol. The summed E-state index contributed by atoms with van der Waals surface area (Å²) in [6, 6.07) is 8.35. The first-order valence-corrected chi connectivity index (χ1v) is 9.80. The summed E-state index contributed by atoms with van der Waals surface area (Å²) < 4.78 is 10.9. The van der Waals surface area contributed by atoms with Gasteiger partial charge in [-0.25, -0.2) is 4.99 Å². The molecule has 1 saturated heterocycles. The molecule has 1 aromatic rings. The summed E-state index contributed by atoms with van der Waals surface area (Å²) >= 11 is 0. The van der Waals surface area contributed by atoms with Crippen molar-refractivity contribution < 1.29 is 9.47 Å². The van der Waals surface area contributed by atoms with Crippen LogP contribution in [0.3, 0.4) is 0 Å². The maximum Gasteiger partial charge on any atom is 0.191 e. The smallest absolute Gasteiger partial charge is 0.191 e. The predicted octanol–water partition coefficient (Wildman–Crippen LogP) is 2.00. The van der Waals surface area contributed by atoms with Crippen molar-refractivity contribution in [1.82, 2.24) is 15.5 Å². The topological polar surface area (TPSA) is 58.1 Å². The van der Waals surface area contributed by atoms with Crippen molar-refractivity contribution in [2.45, 2.75) is 33.4 Å². The van der Waals surface area contributed by atoms with Gasteiger partial charge in [-0.3, -0.25) is 4.90 Å². The van der Waals surface area contributed by atoms with Gasteiger partial charge in [0.1, 0.15) is 0 Å². The zero-order valence-electron chi connectivity index (χ0n) is 16.3. The number of morpholine rings is 1. The zero-order valence-corrected chi connectivity index (χ0v) is 16.3. The van der Waals surface area contributed by atoms with Crippen LogP contribution in [0, 0.1) is 0 Å². The third-order valence-electron chi connectivity index (χ3n) is 4.38. The molecule has 2 N–H and O–H groups in total. The minimum absolute atomic E-state index is 0.645. The second kappa shape index (κ2) is 12.7. The van der Waals surface area contributed by atoms with Crippen LogP contribution in [0.2, 0.25) is 0 Å². The van der Waals surface area contributed by atoms with E-state index in [4.69, 9.17) is 14.5 Å². The van der Waals surface area contributed by atoms with Crippen LogP contribution in [-0.2, 0) is 22.6 Å². The van der Waals surface area contributed by atoms with E-state index in [1.54, 1.807) is 0 Å². The lowest BCUT2D eigenvalue weighted by atomic mass is 10.1. The molecule has 0 aliphatic carbocycles. The number of nitrogens with zero attached hydrogens (tertiary/aromatic N) is 2. The van der Waals surface area contributed by atoms with Crippen molar-refractivity contribution in [2.24, 2.45) is 4.99 Å².